The molecule has 2 aromatic rings. The fraction of sp³-hybridized carbons (Fsp3) is 0.545. The minimum absolute atomic E-state index is 0.0766. The van der Waals surface area contributed by atoms with Crippen LogP contribution in [0.4, 0.5) is 0 Å². The van der Waals surface area contributed by atoms with E-state index in [1.165, 1.54) is 25.9 Å². The summed E-state index contributed by atoms with van der Waals surface area (Å²) in [6, 6.07) is 5.96. The van der Waals surface area contributed by atoms with Crippen molar-refractivity contribution in [1.29, 1.82) is 0 Å². The van der Waals surface area contributed by atoms with Gasteiger partial charge in [-0.1, -0.05) is 17.7 Å². The molecule has 1 aromatic carbocycles. The summed E-state index contributed by atoms with van der Waals surface area (Å²) < 4.78 is 1.91. The van der Waals surface area contributed by atoms with Crippen molar-refractivity contribution >= 4 is 17.5 Å². The lowest BCUT2D eigenvalue weighted by Crippen LogP contribution is -2.31. The zero-order valence-electron chi connectivity index (χ0n) is 16.8. The van der Waals surface area contributed by atoms with Crippen LogP contribution in [0.25, 0.3) is 5.69 Å². The lowest BCUT2D eigenvalue weighted by atomic mass is 10.1. The molecule has 0 N–H and O–H groups in total. The number of nitrogens with zero attached hydrogens (tertiary/aromatic N) is 4. The first kappa shape index (κ1) is 19.5. The van der Waals surface area contributed by atoms with Crippen molar-refractivity contribution in [3.63, 3.8) is 0 Å². The number of likely N-dealkylation sites (tertiary alicyclic amines) is 1. The number of aromatic nitrogens is 2. The van der Waals surface area contributed by atoms with Crippen LogP contribution in [0.15, 0.2) is 24.4 Å². The largest absolute Gasteiger partial charge is 0.342 e. The Bertz CT molecular complexity index is 852. The van der Waals surface area contributed by atoms with Crippen molar-refractivity contribution in [3.05, 3.63) is 46.2 Å². The number of halogens is 1. The molecule has 0 unspecified atom stereocenters. The van der Waals surface area contributed by atoms with E-state index in [-0.39, 0.29) is 5.91 Å². The van der Waals surface area contributed by atoms with Gasteiger partial charge in [-0.3, -0.25) is 4.79 Å². The highest BCUT2D eigenvalue weighted by Gasteiger charge is 2.33. The second-order valence-electron chi connectivity index (χ2n) is 8.19. The van der Waals surface area contributed by atoms with Crippen LogP contribution in [0.5, 0.6) is 0 Å². The summed E-state index contributed by atoms with van der Waals surface area (Å²) in [4.78, 5) is 17.5. The third-order valence-electron chi connectivity index (χ3n) is 5.91. The Labute approximate surface area is 172 Å². The van der Waals surface area contributed by atoms with Gasteiger partial charge in [-0.2, -0.15) is 5.10 Å². The number of hydrogen-bond donors (Lipinski definition) is 0. The highest BCUT2D eigenvalue weighted by molar-refractivity contribution is 6.31. The third kappa shape index (κ3) is 4.11. The Morgan fingerprint density at radius 3 is 2.71 bits per heavy atom. The first-order valence-electron chi connectivity index (χ1n) is 10.4. The predicted molar refractivity (Wildman–Crippen MR) is 113 cm³/mol. The van der Waals surface area contributed by atoms with Crippen LogP contribution < -0.4 is 0 Å². The van der Waals surface area contributed by atoms with Crippen molar-refractivity contribution in [3.8, 4) is 5.69 Å². The maximum atomic E-state index is 13.1. The van der Waals surface area contributed by atoms with Gasteiger partial charge in [0.05, 0.1) is 23.1 Å². The van der Waals surface area contributed by atoms with Gasteiger partial charge in [0.2, 0.25) is 0 Å². The molecule has 2 fully saturated rings. The van der Waals surface area contributed by atoms with Gasteiger partial charge in [-0.15, -0.1) is 0 Å². The molecule has 150 valence electrons. The number of carbonyl (C=O) groups is 1. The van der Waals surface area contributed by atoms with E-state index >= 15 is 0 Å². The maximum absolute atomic E-state index is 13.1. The Hall–Kier alpha value is -1.85. The van der Waals surface area contributed by atoms with Gasteiger partial charge in [0, 0.05) is 24.5 Å². The van der Waals surface area contributed by atoms with E-state index in [1.54, 1.807) is 6.20 Å². The zero-order chi connectivity index (χ0) is 19.7. The van der Waals surface area contributed by atoms with Crippen molar-refractivity contribution in [2.45, 2.75) is 44.9 Å². The first-order chi connectivity index (χ1) is 13.5. The van der Waals surface area contributed by atoms with E-state index in [0.717, 1.165) is 59.9 Å². The number of carbonyl (C=O) groups excluding carboxylic acids is 1. The molecule has 0 radical (unpaired) electrons. The molecule has 5 nitrogen and oxygen atoms in total. The van der Waals surface area contributed by atoms with Crippen LogP contribution in [-0.2, 0) is 0 Å². The summed E-state index contributed by atoms with van der Waals surface area (Å²) >= 11 is 6.32. The molecule has 1 aromatic heterocycles. The predicted octanol–water partition coefficient (Wildman–Crippen LogP) is 4.27. The van der Waals surface area contributed by atoms with Crippen molar-refractivity contribution in [2.24, 2.45) is 0 Å². The molecule has 1 aliphatic carbocycles. The minimum Gasteiger partial charge on any atom is -0.342 e. The Balaban J connectivity index is 1.49. The summed E-state index contributed by atoms with van der Waals surface area (Å²) in [6.07, 6.45) is 7.60. The van der Waals surface area contributed by atoms with Gasteiger partial charge in [0.15, 0.2) is 0 Å². The van der Waals surface area contributed by atoms with E-state index in [4.69, 9.17) is 11.6 Å². The number of benzene rings is 1. The molecule has 28 heavy (non-hydrogen) atoms. The maximum Gasteiger partial charge on any atom is 0.257 e. The number of aryl methyl sites for hydroxylation is 1. The molecule has 2 heterocycles. The Morgan fingerprint density at radius 1 is 1.29 bits per heavy atom. The second-order valence-corrected chi connectivity index (χ2v) is 8.60. The zero-order valence-corrected chi connectivity index (χ0v) is 17.6. The molecule has 2 aliphatic rings. The van der Waals surface area contributed by atoms with Crippen LogP contribution in [0.2, 0.25) is 5.02 Å². The second kappa shape index (κ2) is 8.26. The average molecular weight is 401 g/mol. The molecule has 1 saturated heterocycles. The normalized spacial score (nSPS) is 17.2. The van der Waals surface area contributed by atoms with E-state index in [1.807, 2.05) is 41.8 Å². The average Bonchev–Trinajstić information content (AvgIpc) is 3.21. The molecule has 0 bridgehead atoms. The summed E-state index contributed by atoms with van der Waals surface area (Å²) in [6.45, 7) is 6.25. The summed E-state index contributed by atoms with van der Waals surface area (Å²) in [5, 5.41) is 5.29. The van der Waals surface area contributed by atoms with E-state index in [2.05, 4.69) is 10.00 Å². The SMILES string of the molecule is Cc1ccc(-n2ncc(C(=O)N(C)CCCN3CCCC3)c2C2CC2)cc1Cl. The highest BCUT2D eigenvalue weighted by atomic mass is 35.5. The lowest BCUT2D eigenvalue weighted by Gasteiger charge is -2.20. The van der Waals surface area contributed by atoms with Gasteiger partial charge in [0.1, 0.15) is 0 Å². The standard InChI is InChI=1S/C22H29ClN4O/c1-16-6-9-18(14-20(16)23)27-21(17-7-8-17)19(15-24-27)22(28)25(2)10-5-13-26-11-3-4-12-26/h6,9,14-15,17H,3-5,7-8,10-13H2,1-2H3. The van der Waals surface area contributed by atoms with Gasteiger partial charge in [-0.05, 0) is 76.4 Å². The molecule has 0 spiro atoms. The quantitative estimate of drug-likeness (QED) is 0.696. The summed E-state index contributed by atoms with van der Waals surface area (Å²) in [7, 11) is 1.91. The van der Waals surface area contributed by atoms with E-state index < -0.39 is 0 Å². The van der Waals surface area contributed by atoms with Gasteiger partial charge < -0.3 is 9.80 Å². The van der Waals surface area contributed by atoms with Crippen LogP contribution in [0.1, 0.15) is 59.6 Å². The van der Waals surface area contributed by atoms with Gasteiger partial charge in [-0.25, -0.2) is 4.68 Å². The monoisotopic (exact) mass is 400 g/mol. The number of amides is 1. The fourth-order valence-corrected chi connectivity index (χ4v) is 4.21. The first-order valence-corrected chi connectivity index (χ1v) is 10.7. The molecule has 4 rings (SSSR count). The van der Waals surface area contributed by atoms with Crippen molar-refractivity contribution < 1.29 is 4.79 Å². The van der Waals surface area contributed by atoms with Crippen LogP contribution in [0, 0.1) is 6.92 Å². The minimum atomic E-state index is 0.0766. The van der Waals surface area contributed by atoms with Gasteiger partial charge >= 0.3 is 0 Å². The van der Waals surface area contributed by atoms with Crippen LogP contribution >= 0.6 is 11.6 Å². The summed E-state index contributed by atoms with van der Waals surface area (Å²) in [5.41, 5.74) is 3.74. The van der Waals surface area contributed by atoms with E-state index in [9.17, 15) is 4.79 Å². The topological polar surface area (TPSA) is 41.4 Å². The van der Waals surface area contributed by atoms with E-state index in [0.29, 0.717) is 5.92 Å². The smallest absolute Gasteiger partial charge is 0.257 e. The summed E-state index contributed by atoms with van der Waals surface area (Å²) in [5.74, 6) is 0.493. The number of rotatable bonds is 7. The fourth-order valence-electron chi connectivity index (χ4n) is 4.04. The molecule has 6 heteroatoms. The molecular weight excluding hydrogens is 372 g/mol. The Kier molecular flexibility index (Phi) is 5.74. The molecule has 0 atom stereocenters. The molecule has 1 saturated carbocycles. The van der Waals surface area contributed by atoms with Crippen molar-refractivity contribution in [1.82, 2.24) is 19.6 Å². The van der Waals surface area contributed by atoms with Crippen LogP contribution in [-0.4, -0.2) is 58.7 Å². The molecule has 1 amide bonds. The molecular formula is C22H29ClN4O. The Morgan fingerprint density at radius 2 is 2.04 bits per heavy atom. The highest BCUT2D eigenvalue weighted by Crippen LogP contribution is 2.43. The van der Waals surface area contributed by atoms with Crippen molar-refractivity contribution in [2.75, 3.05) is 33.2 Å². The molecule has 1 aliphatic heterocycles. The third-order valence-corrected chi connectivity index (χ3v) is 6.32. The van der Waals surface area contributed by atoms with Crippen LogP contribution in [0.3, 0.4) is 0 Å². The van der Waals surface area contributed by atoms with Gasteiger partial charge in [0.25, 0.3) is 5.91 Å². The lowest BCUT2D eigenvalue weighted by molar-refractivity contribution is 0.0788. The number of hydrogen-bond acceptors (Lipinski definition) is 3.